The molecule has 1 atom stereocenters. The van der Waals surface area contributed by atoms with Gasteiger partial charge in [-0.25, -0.2) is 4.98 Å². The third-order valence-electron chi connectivity index (χ3n) is 6.49. The summed E-state index contributed by atoms with van der Waals surface area (Å²) in [7, 11) is 0. The van der Waals surface area contributed by atoms with Gasteiger partial charge in [-0.3, -0.25) is 10.4 Å². The van der Waals surface area contributed by atoms with Gasteiger partial charge in [0.25, 0.3) is 0 Å². The molecule has 0 radical (unpaired) electrons. The number of hydrogen-bond donors (Lipinski definition) is 3. The highest BCUT2D eigenvalue weighted by Gasteiger charge is 2.28. The van der Waals surface area contributed by atoms with Gasteiger partial charge in [0.15, 0.2) is 5.82 Å². The second-order valence-electron chi connectivity index (χ2n) is 9.45. The zero-order valence-electron chi connectivity index (χ0n) is 20.4. The Morgan fingerprint density at radius 2 is 1.97 bits per heavy atom. The van der Waals surface area contributed by atoms with Crippen LogP contribution in [0.4, 0.5) is 5.69 Å². The Kier molecular flexibility index (Phi) is 6.43. The maximum Gasteiger partial charge on any atom is 0.162 e. The first-order valence-electron chi connectivity index (χ1n) is 12.2. The monoisotopic (exact) mass is 469 g/mol. The number of rotatable bonds is 9. The number of nitrogens with zero attached hydrogens (tertiary/aromatic N) is 4. The fourth-order valence-electron chi connectivity index (χ4n) is 4.77. The van der Waals surface area contributed by atoms with Crippen molar-refractivity contribution in [2.75, 3.05) is 5.32 Å². The minimum absolute atomic E-state index is 0.160. The van der Waals surface area contributed by atoms with E-state index in [1.54, 1.807) is 0 Å². The van der Waals surface area contributed by atoms with Crippen molar-refractivity contribution in [3.8, 4) is 23.1 Å². The molecule has 1 aliphatic rings. The van der Waals surface area contributed by atoms with E-state index in [1.807, 2.05) is 18.2 Å². The summed E-state index contributed by atoms with van der Waals surface area (Å²) in [5.41, 5.74) is 4.82. The molecule has 0 spiro atoms. The molecule has 4 aromatic rings. The lowest BCUT2D eigenvalue weighted by Gasteiger charge is -2.30. The fourth-order valence-corrected chi connectivity index (χ4v) is 4.77. The molecule has 8 heteroatoms. The van der Waals surface area contributed by atoms with Crippen molar-refractivity contribution >= 4 is 16.6 Å². The SMILES string of the molecule is CC(C)NC(C)Nc1ccc(-c2c(C#N)c3ccc(OCc4ncn[nH]4)cc3n2C2CCC2)cc1. The molecule has 1 unspecified atom stereocenters. The van der Waals surface area contributed by atoms with Crippen LogP contribution in [0.1, 0.15) is 57.5 Å². The molecule has 3 N–H and O–H groups in total. The molecule has 1 aliphatic carbocycles. The molecule has 1 saturated carbocycles. The van der Waals surface area contributed by atoms with Crippen LogP contribution in [0.15, 0.2) is 48.8 Å². The first kappa shape index (κ1) is 22.9. The van der Waals surface area contributed by atoms with Crippen LogP contribution in [0.5, 0.6) is 5.75 Å². The second-order valence-corrected chi connectivity index (χ2v) is 9.45. The van der Waals surface area contributed by atoms with Crippen molar-refractivity contribution in [3.05, 3.63) is 60.2 Å². The third kappa shape index (κ3) is 4.73. The van der Waals surface area contributed by atoms with Gasteiger partial charge in [0.05, 0.1) is 22.9 Å². The summed E-state index contributed by atoms with van der Waals surface area (Å²) >= 11 is 0. The molecule has 8 nitrogen and oxygen atoms in total. The topological polar surface area (TPSA) is 104 Å². The van der Waals surface area contributed by atoms with Crippen LogP contribution in [-0.2, 0) is 6.61 Å². The van der Waals surface area contributed by atoms with E-state index in [9.17, 15) is 5.26 Å². The first-order chi connectivity index (χ1) is 17.0. The minimum atomic E-state index is 0.160. The van der Waals surface area contributed by atoms with Crippen molar-refractivity contribution < 1.29 is 4.74 Å². The highest BCUT2D eigenvalue weighted by molar-refractivity contribution is 5.95. The molecule has 0 amide bonds. The first-order valence-corrected chi connectivity index (χ1v) is 12.2. The number of benzene rings is 2. The average Bonchev–Trinajstić information content (AvgIpc) is 3.43. The Bertz CT molecular complexity index is 1330. The lowest BCUT2D eigenvalue weighted by atomic mass is 9.92. The Hall–Kier alpha value is -3.83. The predicted octanol–water partition coefficient (Wildman–Crippen LogP) is 5.36. The van der Waals surface area contributed by atoms with Crippen molar-refractivity contribution in [2.45, 2.75) is 64.9 Å². The lowest BCUT2D eigenvalue weighted by molar-refractivity contribution is 0.296. The normalized spacial score (nSPS) is 14.6. The van der Waals surface area contributed by atoms with Gasteiger partial charge in [-0.2, -0.15) is 10.4 Å². The number of ether oxygens (including phenoxy) is 1. The maximum atomic E-state index is 10.2. The van der Waals surface area contributed by atoms with E-state index in [2.05, 4.69) is 81.5 Å². The number of nitriles is 1. The molecule has 0 saturated heterocycles. The minimum Gasteiger partial charge on any atom is -0.486 e. The van der Waals surface area contributed by atoms with Crippen LogP contribution in [0.2, 0.25) is 0 Å². The van der Waals surface area contributed by atoms with Gasteiger partial charge >= 0.3 is 0 Å². The summed E-state index contributed by atoms with van der Waals surface area (Å²) in [6, 6.07) is 17.6. The van der Waals surface area contributed by atoms with Crippen molar-refractivity contribution in [2.24, 2.45) is 0 Å². The molecule has 1 fully saturated rings. The van der Waals surface area contributed by atoms with Gasteiger partial charge in [0.2, 0.25) is 0 Å². The van der Waals surface area contributed by atoms with Gasteiger partial charge in [-0.05, 0) is 69.9 Å². The second kappa shape index (κ2) is 9.80. The van der Waals surface area contributed by atoms with E-state index in [-0.39, 0.29) is 6.17 Å². The summed E-state index contributed by atoms with van der Waals surface area (Å²) in [6.07, 6.45) is 5.06. The Labute approximate surface area is 205 Å². The van der Waals surface area contributed by atoms with Crippen LogP contribution < -0.4 is 15.4 Å². The number of anilines is 1. The van der Waals surface area contributed by atoms with Gasteiger partial charge in [0, 0.05) is 29.2 Å². The number of H-pyrrole nitrogens is 1. The zero-order chi connectivity index (χ0) is 24.4. The lowest BCUT2D eigenvalue weighted by Crippen LogP contribution is -2.37. The summed E-state index contributed by atoms with van der Waals surface area (Å²) in [5.74, 6) is 1.42. The molecular weight excluding hydrogens is 438 g/mol. The third-order valence-corrected chi connectivity index (χ3v) is 6.49. The predicted molar refractivity (Wildman–Crippen MR) is 137 cm³/mol. The summed E-state index contributed by atoms with van der Waals surface area (Å²) in [6.45, 7) is 6.69. The average molecular weight is 470 g/mol. The van der Waals surface area contributed by atoms with E-state index < -0.39 is 0 Å². The van der Waals surface area contributed by atoms with E-state index in [4.69, 9.17) is 4.74 Å². The maximum absolute atomic E-state index is 10.2. The smallest absolute Gasteiger partial charge is 0.162 e. The number of hydrogen-bond acceptors (Lipinski definition) is 6. The summed E-state index contributed by atoms with van der Waals surface area (Å²) in [5, 5.41) is 24.8. The van der Waals surface area contributed by atoms with E-state index in [0.29, 0.717) is 30.1 Å². The van der Waals surface area contributed by atoms with E-state index >= 15 is 0 Å². The number of aromatic nitrogens is 4. The van der Waals surface area contributed by atoms with Crippen LogP contribution in [0.25, 0.3) is 22.2 Å². The number of fused-ring (bicyclic) bond motifs is 1. The molecule has 0 aliphatic heterocycles. The Morgan fingerprint density at radius 1 is 1.17 bits per heavy atom. The van der Waals surface area contributed by atoms with Crippen molar-refractivity contribution in [1.29, 1.82) is 5.26 Å². The molecule has 0 bridgehead atoms. The van der Waals surface area contributed by atoms with Crippen molar-refractivity contribution in [3.63, 3.8) is 0 Å². The highest BCUT2D eigenvalue weighted by Crippen LogP contribution is 2.43. The Balaban J connectivity index is 1.51. The molecule has 2 heterocycles. The van der Waals surface area contributed by atoms with Gasteiger partial charge < -0.3 is 14.6 Å². The summed E-state index contributed by atoms with van der Waals surface area (Å²) < 4.78 is 8.32. The van der Waals surface area contributed by atoms with E-state index in [0.717, 1.165) is 46.4 Å². The molecule has 180 valence electrons. The van der Waals surface area contributed by atoms with Crippen LogP contribution in [0, 0.1) is 11.3 Å². The van der Waals surface area contributed by atoms with Gasteiger partial charge in [-0.15, -0.1) is 0 Å². The summed E-state index contributed by atoms with van der Waals surface area (Å²) in [4.78, 5) is 4.12. The van der Waals surface area contributed by atoms with Crippen molar-refractivity contribution in [1.82, 2.24) is 25.1 Å². The van der Waals surface area contributed by atoms with Crippen LogP contribution >= 0.6 is 0 Å². The zero-order valence-corrected chi connectivity index (χ0v) is 20.4. The standard InChI is InChI=1S/C27H31N7O/c1-17(2)31-18(3)32-20-9-7-19(8-10-20)27-24(14-28)23-12-11-22(35-15-26-29-16-30-33-26)13-25(23)34(27)21-5-4-6-21/h7-13,16-18,21,31-32H,4-6,15H2,1-3H3,(H,29,30,33). The van der Waals surface area contributed by atoms with Crippen LogP contribution in [-0.4, -0.2) is 32.0 Å². The molecule has 5 rings (SSSR count). The fraction of sp³-hybridized carbons (Fsp3) is 0.370. The van der Waals surface area contributed by atoms with Crippen LogP contribution in [0.3, 0.4) is 0 Å². The van der Waals surface area contributed by atoms with Gasteiger partial charge in [-0.1, -0.05) is 12.1 Å². The highest BCUT2D eigenvalue weighted by atomic mass is 16.5. The largest absolute Gasteiger partial charge is 0.486 e. The van der Waals surface area contributed by atoms with E-state index in [1.165, 1.54) is 12.7 Å². The number of aromatic amines is 1. The Morgan fingerprint density at radius 3 is 2.60 bits per heavy atom. The number of nitrogens with one attached hydrogen (secondary N) is 3. The molecule has 2 aromatic heterocycles. The molecule has 35 heavy (non-hydrogen) atoms. The van der Waals surface area contributed by atoms with Gasteiger partial charge in [0.1, 0.15) is 24.8 Å². The molecule has 2 aromatic carbocycles. The molecular formula is C27H31N7O. The quantitative estimate of drug-likeness (QED) is 0.285.